The molecule has 0 radical (unpaired) electrons. The van der Waals surface area contributed by atoms with Gasteiger partial charge in [-0.15, -0.1) is 0 Å². The second kappa shape index (κ2) is 7.15. The first-order valence-corrected chi connectivity index (χ1v) is 6.99. The highest BCUT2D eigenvalue weighted by Crippen LogP contribution is 2.38. The summed E-state index contributed by atoms with van der Waals surface area (Å²) in [5.74, 6) is 0.787. The number of aromatic hydroxyl groups is 1. The molecule has 4 N–H and O–H groups in total. The molecule has 2 atom stereocenters. The fraction of sp³-hybridized carbons (Fsp3) is 0.294. The average molecular weight is 303 g/mol. The van der Waals surface area contributed by atoms with Gasteiger partial charge in [0.2, 0.25) is 0 Å². The minimum absolute atomic E-state index is 0.0594. The number of methoxy groups -OCH3 is 2. The van der Waals surface area contributed by atoms with E-state index in [0.717, 1.165) is 5.56 Å². The Labute approximate surface area is 129 Å². The fourth-order valence-corrected chi connectivity index (χ4v) is 2.38. The topological polar surface area (TPSA) is 84.9 Å². The van der Waals surface area contributed by atoms with Gasteiger partial charge in [0.25, 0.3) is 0 Å². The van der Waals surface area contributed by atoms with Crippen LogP contribution in [0, 0.1) is 0 Å². The highest BCUT2D eigenvalue weighted by molar-refractivity contribution is 5.52. The lowest BCUT2D eigenvalue weighted by Gasteiger charge is -2.22. The Balaban J connectivity index is 2.26. The van der Waals surface area contributed by atoms with Crippen LogP contribution in [0.4, 0.5) is 0 Å². The summed E-state index contributed by atoms with van der Waals surface area (Å²) in [7, 11) is 2.98. The molecule has 0 spiro atoms. The zero-order valence-electron chi connectivity index (χ0n) is 12.7. The zero-order chi connectivity index (χ0) is 16.1. The van der Waals surface area contributed by atoms with Crippen molar-refractivity contribution in [2.24, 2.45) is 5.73 Å². The monoisotopic (exact) mass is 303 g/mol. The third-order valence-corrected chi connectivity index (χ3v) is 3.58. The maximum absolute atomic E-state index is 10.4. The lowest BCUT2D eigenvalue weighted by molar-refractivity contribution is 0.142. The van der Waals surface area contributed by atoms with Gasteiger partial charge in [0.05, 0.1) is 31.9 Å². The Hall–Kier alpha value is -2.24. The molecule has 118 valence electrons. The van der Waals surface area contributed by atoms with Gasteiger partial charge in [-0.05, 0) is 5.56 Å². The number of nitrogens with two attached hydrogens (primary N) is 1. The van der Waals surface area contributed by atoms with Crippen LogP contribution in [0.25, 0.3) is 0 Å². The van der Waals surface area contributed by atoms with Crippen molar-refractivity contribution in [3.63, 3.8) is 0 Å². The zero-order valence-corrected chi connectivity index (χ0v) is 12.7. The van der Waals surface area contributed by atoms with Crippen LogP contribution in [-0.2, 0) is 6.42 Å². The first-order valence-electron chi connectivity index (χ1n) is 6.99. The molecule has 0 aliphatic heterocycles. The van der Waals surface area contributed by atoms with Crippen molar-refractivity contribution in [3.8, 4) is 17.2 Å². The Morgan fingerprint density at radius 3 is 2.36 bits per heavy atom. The summed E-state index contributed by atoms with van der Waals surface area (Å²) in [6, 6.07) is 11.9. The molecule has 0 aromatic heterocycles. The summed E-state index contributed by atoms with van der Waals surface area (Å²) in [5, 5.41) is 20.5. The first kappa shape index (κ1) is 16.1. The van der Waals surface area contributed by atoms with Crippen molar-refractivity contribution in [1.82, 2.24) is 0 Å². The van der Waals surface area contributed by atoms with Crippen LogP contribution >= 0.6 is 0 Å². The van der Waals surface area contributed by atoms with E-state index in [-0.39, 0.29) is 5.75 Å². The van der Waals surface area contributed by atoms with E-state index in [1.54, 1.807) is 6.07 Å². The van der Waals surface area contributed by atoms with Gasteiger partial charge in [-0.25, -0.2) is 0 Å². The van der Waals surface area contributed by atoms with E-state index in [0.29, 0.717) is 23.5 Å². The van der Waals surface area contributed by atoms with E-state index >= 15 is 0 Å². The molecule has 0 aliphatic carbocycles. The van der Waals surface area contributed by atoms with Crippen LogP contribution in [0.1, 0.15) is 17.2 Å². The minimum atomic E-state index is -0.851. The molecule has 0 saturated carbocycles. The van der Waals surface area contributed by atoms with Gasteiger partial charge in [0.15, 0.2) is 0 Å². The van der Waals surface area contributed by atoms with E-state index < -0.39 is 12.1 Å². The largest absolute Gasteiger partial charge is 0.507 e. The van der Waals surface area contributed by atoms with Crippen LogP contribution in [0.5, 0.6) is 17.2 Å². The number of benzene rings is 2. The fourth-order valence-electron chi connectivity index (χ4n) is 2.38. The second-order valence-electron chi connectivity index (χ2n) is 5.05. The molecule has 2 aromatic carbocycles. The summed E-state index contributed by atoms with van der Waals surface area (Å²) in [5.41, 5.74) is 7.46. The maximum Gasteiger partial charge on any atom is 0.131 e. The predicted octanol–water partition coefficient (Wildman–Crippen LogP) is 2.01. The normalized spacial score (nSPS) is 13.5. The molecule has 5 nitrogen and oxygen atoms in total. The predicted molar refractivity (Wildman–Crippen MR) is 84.3 cm³/mol. The summed E-state index contributed by atoms with van der Waals surface area (Å²) >= 11 is 0. The molecule has 22 heavy (non-hydrogen) atoms. The first-order chi connectivity index (χ1) is 10.6. The van der Waals surface area contributed by atoms with Gasteiger partial charge < -0.3 is 25.4 Å². The van der Waals surface area contributed by atoms with Crippen molar-refractivity contribution >= 4 is 0 Å². The van der Waals surface area contributed by atoms with Crippen LogP contribution in [0.3, 0.4) is 0 Å². The third-order valence-electron chi connectivity index (χ3n) is 3.58. The van der Waals surface area contributed by atoms with E-state index in [4.69, 9.17) is 15.2 Å². The van der Waals surface area contributed by atoms with Crippen molar-refractivity contribution in [2.45, 2.75) is 18.6 Å². The van der Waals surface area contributed by atoms with Gasteiger partial charge in [0, 0.05) is 18.6 Å². The van der Waals surface area contributed by atoms with Gasteiger partial charge in [-0.3, -0.25) is 0 Å². The summed E-state index contributed by atoms with van der Waals surface area (Å²) in [6.45, 7) is 0. The van der Waals surface area contributed by atoms with Crippen molar-refractivity contribution in [3.05, 3.63) is 53.6 Å². The van der Waals surface area contributed by atoms with Gasteiger partial charge >= 0.3 is 0 Å². The highest BCUT2D eigenvalue weighted by Gasteiger charge is 2.25. The van der Waals surface area contributed by atoms with Crippen molar-refractivity contribution < 1.29 is 19.7 Å². The van der Waals surface area contributed by atoms with E-state index in [1.807, 2.05) is 30.3 Å². The number of ether oxygens (including phenoxy) is 2. The second-order valence-corrected chi connectivity index (χ2v) is 5.05. The number of hydrogen-bond acceptors (Lipinski definition) is 5. The Morgan fingerprint density at radius 1 is 1.09 bits per heavy atom. The summed E-state index contributed by atoms with van der Waals surface area (Å²) in [4.78, 5) is 0. The van der Waals surface area contributed by atoms with Crippen LogP contribution in [-0.4, -0.2) is 30.5 Å². The maximum atomic E-state index is 10.4. The molecule has 0 unspecified atom stereocenters. The van der Waals surface area contributed by atoms with E-state index in [9.17, 15) is 10.2 Å². The Morgan fingerprint density at radius 2 is 1.77 bits per heavy atom. The number of hydrogen-bond donors (Lipinski definition) is 3. The van der Waals surface area contributed by atoms with Gasteiger partial charge in [0.1, 0.15) is 17.2 Å². The molecule has 5 heteroatoms. The summed E-state index contributed by atoms with van der Waals surface area (Å²) in [6.07, 6.45) is -0.466. The molecular weight excluding hydrogens is 282 g/mol. The van der Waals surface area contributed by atoms with Gasteiger partial charge in [-0.1, -0.05) is 30.3 Å². The minimum Gasteiger partial charge on any atom is -0.507 e. The number of phenols is 1. The number of phenolic OH excluding ortho intramolecular Hbond substituents is 1. The average Bonchev–Trinajstić information content (AvgIpc) is 2.54. The number of aliphatic hydroxyl groups excluding tert-OH is 1. The lowest BCUT2D eigenvalue weighted by Crippen LogP contribution is -2.28. The summed E-state index contributed by atoms with van der Waals surface area (Å²) < 4.78 is 10.3. The molecule has 2 aromatic rings. The van der Waals surface area contributed by atoms with Gasteiger partial charge in [-0.2, -0.15) is 0 Å². The van der Waals surface area contributed by atoms with Crippen LogP contribution < -0.4 is 15.2 Å². The number of rotatable bonds is 6. The van der Waals surface area contributed by atoms with Crippen molar-refractivity contribution in [1.29, 1.82) is 0 Å². The SMILES string of the molecule is COc1cc(O)c([C@H](N)[C@H](O)Cc2ccccc2)c(OC)c1. The number of aliphatic hydroxyl groups is 1. The third kappa shape index (κ3) is 3.50. The van der Waals surface area contributed by atoms with Crippen molar-refractivity contribution in [2.75, 3.05) is 14.2 Å². The molecule has 0 saturated heterocycles. The lowest BCUT2D eigenvalue weighted by atomic mass is 9.95. The molecule has 0 bridgehead atoms. The smallest absolute Gasteiger partial charge is 0.131 e. The molecule has 0 fully saturated rings. The molecule has 0 heterocycles. The molecule has 0 amide bonds. The molecule has 0 aliphatic rings. The van der Waals surface area contributed by atoms with E-state index in [1.165, 1.54) is 20.3 Å². The highest BCUT2D eigenvalue weighted by atomic mass is 16.5. The van der Waals surface area contributed by atoms with Crippen LogP contribution in [0.2, 0.25) is 0 Å². The van der Waals surface area contributed by atoms with Crippen LogP contribution in [0.15, 0.2) is 42.5 Å². The Kier molecular flexibility index (Phi) is 5.25. The Bertz CT molecular complexity index is 616. The van der Waals surface area contributed by atoms with E-state index in [2.05, 4.69) is 0 Å². The molecule has 2 rings (SSSR count). The molecular formula is C17H21NO4. The standard InChI is InChI=1S/C17H21NO4/c1-21-12-9-13(19)16(15(10-12)22-2)17(18)14(20)8-11-6-4-3-5-7-11/h3-7,9-10,14,17,19-20H,8,18H2,1-2H3/t14-,17-/m1/s1. The quantitative estimate of drug-likeness (QED) is 0.760.